The minimum absolute atomic E-state index is 0.0622. The molecule has 0 aliphatic carbocycles. The summed E-state index contributed by atoms with van der Waals surface area (Å²) >= 11 is 13.5. The Morgan fingerprint density at radius 2 is 1.89 bits per heavy atom. The molecule has 3 aromatic rings. The summed E-state index contributed by atoms with van der Waals surface area (Å²) < 4.78 is 14.5. The molecule has 2 aromatic carbocycles. The molecule has 9 heteroatoms. The van der Waals surface area contributed by atoms with Crippen LogP contribution in [0.2, 0.25) is 10.0 Å². The van der Waals surface area contributed by atoms with Crippen molar-refractivity contribution < 1.29 is 4.39 Å². The summed E-state index contributed by atoms with van der Waals surface area (Å²) in [5, 5.41) is 12.4. The quantitative estimate of drug-likeness (QED) is 0.555. The number of thioether (sulfide) groups is 1. The van der Waals surface area contributed by atoms with E-state index in [1.807, 2.05) is 6.92 Å². The normalized spacial score (nSPS) is 10.8. The van der Waals surface area contributed by atoms with Crippen molar-refractivity contribution in [1.29, 1.82) is 0 Å². The van der Waals surface area contributed by atoms with Crippen LogP contribution in [0.15, 0.2) is 52.4 Å². The number of nitrogens with one attached hydrogen (secondary N) is 1. The summed E-state index contributed by atoms with van der Waals surface area (Å²) in [7, 11) is 0. The van der Waals surface area contributed by atoms with Crippen LogP contribution < -0.4 is 10.9 Å². The Kier molecular flexibility index (Phi) is 6.36. The molecule has 0 amide bonds. The van der Waals surface area contributed by atoms with Crippen LogP contribution in [0.3, 0.4) is 0 Å². The van der Waals surface area contributed by atoms with Crippen molar-refractivity contribution in [3.63, 3.8) is 0 Å². The molecule has 0 bridgehead atoms. The Bertz CT molecular complexity index is 1010. The third-order valence-corrected chi connectivity index (χ3v) is 5.30. The molecule has 27 heavy (non-hydrogen) atoms. The van der Waals surface area contributed by atoms with Crippen LogP contribution in [0.5, 0.6) is 0 Å². The lowest BCUT2D eigenvalue weighted by Gasteiger charge is -2.12. The summed E-state index contributed by atoms with van der Waals surface area (Å²) in [6.07, 6.45) is 0. The van der Waals surface area contributed by atoms with Gasteiger partial charge in [0.15, 0.2) is 5.16 Å². The van der Waals surface area contributed by atoms with Crippen LogP contribution in [0, 0.1) is 5.82 Å². The molecule has 3 rings (SSSR count). The van der Waals surface area contributed by atoms with E-state index in [-0.39, 0.29) is 17.2 Å². The van der Waals surface area contributed by atoms with Gasteiger partial charge in [0.1, 0.15) is 5.82 Å². The topological polar surface area (TPSA) is 59.8 Å². The predicted molar refractivity (Wildman–Crippen MR) is 108 cm³/mol. The maximum Gasteiger partial charge on any atom is 0.297 e. The van der Waals surface area contributed by atoms with Crippen molar-refractivity contribution >= 4 is 46.5 Å². The zero-order chi connectivity index (χ0) is 19.4. The molecule has 140 valence electrons. The van der Waals surface area contributed by atoms with Crippen LogP contribution in [0.4, 0.5) is 15.9 Å². The van der Waals surface area contributed by atoms with E-state index in [4.69, 9.17) is 23.2 Å². The van der Waals surface area contributed by atoms with E-state index in [0.717, 1.165) is 5.56 Å². The molecule has 0 atom stereocenters. The third kappa shape index (κ3) is 4.80. The summed E-state index contributed by atoms with van der Waals surface area (Å²) in [6.45, 7) is 2.28. The molecule has 0 spiro atoms. The minimum Gasteiger partial charge on any atom is -0.333 e. The number of anilines is 2. The van der Waals surface area contributed by atoms with E-state index in [1.54, 1.807) is 30.3 Å². The lowest BCUT2D eigenvalue weighted by Crippen LogP contribution is -2.26. The van der Waals surface area contributed by atoms with Gasteiger partial charge in [-0.2, -0.15) is 0 Å². The smallest absolute Gasteiger partial charge is 0.297 e. The molecule has 0 saturated carbocycles. The number of hydrogen-bond acceptors (Lipinski definition) is 5. The number of hydrogen-bond donors (Lipinski definition) is 1. The van der Waals surface area contributed by atoms with E-state index in [9.17, 15) is 9.18 Å². The number of nitrogens with zero attached hydrogens (tertiary/aromatic N) is 3. The molecule has 5 nitrogen and oxygen atoms in total. The molecule has 0 fully saturated rings. The molecule has 1 N–H and O–H groups in total. The monoisotopic (exact) mass is 424 g/mol. The molecule has 0 radical (unpaired) electrons. The second-order valence-corrected chi connectivity index (χ2v) is 7.33. The lowest BCUT2D eigenvalue weighted by molar-refractivity contribution is 0.597. The van der Waals surface area contributed by atoms with Crippen molar-refractivity contribution in [3.05, 3.63) is 74.2 Å². The van der Waals surface area contributed by atoms with E-state index in [0.29, 0.717) is 33.2 Å². The molecule has 1 heterocycles. The molecular formula is C18H15Cl2FN4OS. The first-order valence-corrected chi connectivity index (χ1v) is 9.79. The fourth-order valence-corrected chi connectivity index (χ4v) is 3.61. The molecule has 0 saturated heterocycles. The third-order valence-electron chi connectivity index (χ3n) is 3.69. The Morgan fingerprint density at radius 1 is 1.15 bits per heavy atom. The Morgan fingerprint density at radius 3 is 2.59 bits per heavy atom. The van der Waals surface area contributed by atoms with Crippen LogP contribution >= 0.6 is 35.0 Å². The van der Waals surface area contributed by atoms with Crippen LogP contribution in [-0.2, 0) is 12.3 Å². The van der Waals surface area contributed by atoms with Gasteiger partial charge in [-0.25, -0.2) is 4.39 Å². The maximum absolute atomic E-state index is 13.0. The molecule has 0 aliphatic rings. The van der Waals surface area contributed by atoms with Crippen molar-refractivity contribution in [2.45, 2.75) is 24.4 Å². The Balaban J connectivity index is 1.83. The van der Waals surface area contributed by atoms with Gasteiger partial charge in [0, 0.05) is 17.3 Å². The minimum atomic E-state index is -0.315. The number of aromatic nitrogens is 3. The Labute approximate surface area is 169 Å². The van der Waals surface area contributed by atoms with Crippen LogP contribution in [0.1, 0.15) is 12.5 Å². The van der Waals surface area contributed by atoms with Gasteiger partial charge in [0.2, 0.25) is 5.82 Å². The number of rotatable bonds is 6. The highest BCUT2D eigenvalue weighted by Gasteiger charge is 2.13. The second-order valence-electron chi connectivity index (χ2n) is 5.54. The van der Waals surface area contributed by atoms with Crippen LogP contribution in [0.25, 0.3) is 0 Å². The first-order valence-electron chi connectivity index (χ1n) is 8.04. The largest absolute Gasteiger partial charge is 0.333 e. The van der Waals surface area contributed by atoms with E-state index in [1.165, 1.54) is 28.5 Å². The van der Waals surface area contributed by atoms with E-state index >= 15 is 0 Å². The van der Waals surface area contributed by atoms with Gasteiger partial charge in [0.05, 0.1) is 10.7 Å². The summed E-state index contributed by atoms with van der Waals surface area (Å²) in [5.41, 5.74) is 1.08. The molecule has 1 aromatic heterocycles. The fraction of sp³-hybridized carbons (Fsp3) is 0.167. The van der Waals surface area contributed by atoms with Crippen LogP contribution in [-0.4, -0.2) is 14.8 Å². The first-order chi connectivity index (χ1) is 13.0. The SMILES string of the molecule is CCn1c(SCc2ccc(F)cc2)nnc(Nc2cc(Cl)ccc2Cl)c1=O. The maximum atomic E-state index is 13.0. The molecule has 0 unspecified atom stereocenters. The van der Waals surface area contributed by atoms with Gasteiger partial charge in [-0.05, 0) is 42.8 Å². The van der Waals surface area contributed by atoms with E-state index < -0.39 is 0 Å². The average Bonchev–Trinajstić information content (AvgIpc) is 2.66. The second kappa shape index (κ2) is 8.73. The zero-order valence-corrected chi connectivity index (χ0v) is 16.6. The molecule has 0 aliphatic heterocycles. The highest BCUT2D eigenvalue weighted by Crippen LogP contribution is 2.27. The van der Waals surface area contributed by atoms with Gasteiger partial charge in [-0.3, -0.25) is 9.36 Å². The Hall–Kier alpha value is -2.09. The van der Waals surface area contributed by atoms with Gasteiger partial charge >= 0.3 is 0 Å². The number of benzene rings is 2. The van der Waals surface area contributed by atoms with Crippen molar-refractivity contribution in [2.24, 2.45) is 0 Å². The summed E-state index contributed by atoms with van der Waals surface area (Å²) in [4.78, 5) is 12.7. The summed E-state index contributed by atoms with van der Waals surface area (Å²) in [6, 6.07) is 11.1. The van der Waals surface area contributed by atoms with E-state index in [2.05, 4.69) is 15.5 Å². The number of halogens is 3. The van der Waals surface area contributed by atoms with Gasteiger partial charge in [0.25, 0.3) is 5.56 Å². The first kappa shape index (κ1) is 19.7. The zero-order valence-electron chi connectivity index (χ0n) is 14.2. The summed E-state index contributed by atoms with van der Waals surface area (Å²) in [5.74, 6) is 0.317. The van der Waals surface area contributed by atoms with Gasteiger partial charge in [-0.1, -0.05) is 47.1 Å². The van der Waals surface area contributed by atoms with Crippen molar-refractivity contribution in [1.82, 2.24) is 14.8 Å². The predicted octanol–water partition coefficient (Wildman–Crippen LogP) is 5.14. The standard InChI is InChI=1S/C18H15Cl2FN4OS/c1-2-25-17(26)16(22-15-9-12(19)5-8-14(15)20)23-24-18(25)27-10-11-3-6-13(21)7-4-11/h3-9H,2,10H2,1H3,(H,22,23). The highest BCUT2D eigenvalue weighted by atomic mass is 35.5. The lowest BCUT2D eigenvalue weighted by atomic mass is 10.2. The van der Waals surface area contributed by atoms with Crippen molar-refractivity contribution in [2.75, 3.05) is 5.32 Å². The molecular weight excluding hydrogens is 410 g/mol. The van der Waals surface area contributed by atoms with Gasteiger partial charge in [-0.15, -0.1) is 10.2 Å². The van der Waals surface area contributed by atoms with Gasteiger partial charge < -0.3 is 5.32 Å². The highest BCUT2D eigenvalue weighted by molar-refractivity contribution is 7.98. The average molecular weight is 425 g/mol. The van der Waals surface area contributed by atoms with Crippen molar-refractivity contribution in [3.8, 4) is 0 Å². The fourth-order valence-electron chi connectivity index (χ4n) is 2.32.